The summed E-state index contributed by atoms with van der Waals surface area (Å²) in [6, 6.07) is 3.16. The molecule has 2 N–H and O–H groups in total. The average Bonchev–Trinajstić information content (AvgIpc) is 2.95. The number of rotatable bonds is 5. The van der Waals surface area contributed by atoms with Crippen LogP contribution in [0.25, 0.3) is 0 Å². The number of methoxy groups -OCH3 is 1. The molecule has 0 bridgehead atoms. The van der Waals surface area contributed by atoms with Gasteiger partial charge in [-0.2, -0.15) is 0 Å². The van der Waals surface area contributed by atoms with Crippen molar-refractivity contribution in [2.45, 2.75) is 13.3 Å². The lowest BCUT2D eigenvalue weighted by atomic mass is 10.1. The standard InChI is InChI=1S/C15H21ClN2O3.ClH/c1-3-21-9-10-4-5-18(8-10)15(19)11-6-12(16)13(17)7-14(11)20-2;/h6-7,10H,3-5,8-9,17H2,1-2H3;1H. The number of anilines is 1. The summed E-state index contributed by atoms with van der Waals surface area (Å²) in [6.07, 6.45) is 0.955. The molecule has 1 saturated heterocycles. The predicted octanol–water partition coefficient (Wildman–Crippen LogP) is 2.85. The van der Waals surface area contributed by atoms with E-state index in [1.54, 1.807) is 12.1 Å². The maximum absolute atomic E-state index is 12.6. The van der Waals surface area contributed by atoms with Gasteiger partial charge in [0.15, 0.2) is 0 Å². The molecule has 0 spiro atoms. The molecule has 124 valence electrons. The van der Waals surface area contributed by atoms with E-state index in [4.69, 9.17) is 26.8 Å². The third-order valence-corrected chi connectivity index (χ3v) is 4.01. The number of carbonyl (C=O) groups excluding carboxylic acids is 1. The Balaban J connectivity index is 0.00000242. The van der Waals surface area contributed by atoms with Gasteiger partial charge in [-0.3, -0.25) is 4.79 Å². The van der Waals surface area contributed by atoms with E-state index >= 15 is 0 Å². The van der Waals surface area contributed by atoms with Crippen molar-refractivity contribution in [1.82, 2.24) is 4.90 Å². The molecule has 0 aliphatic carbocycles. The molecule has 1 unspecified atom stereocenters. The number of nitrogens with zero attached hydrogens (tertiary/aromatic N) is 1. The summed E-state index contributed by atoms with van der Waals surface area (Å²) in [4.78, 5) is 14.4. The van der Waals surface area contributed by atoms with Gasteiger partial charge in [0.1, 0.15) is 5.75 Å². The van der Waals surface area contributed by atoms with Gasteiger partial charge in [-0.15, -0.1) is 12.4 Å². The van der Waals surface area contributed by atoms with Gasteiger partial charge in [-0.25, -0.2) is 0 Å². The Morgan fingerprint density at radius 2 is 2.23 bits per heavy atom. The summed E-state index contributed by atoms with van der Waals surface area (Å²) in [6.45, 7) is 4.79. The van der Waals surface area contributed by atoms with Crippen molar-refractivity contribution in [3.63, 3.8) is 0 Å². The maximum atomic E-state index is 12.6. The molecule has 1 atom stereocenters. The molecule has 5 nitrogen and oxygen atoms in total. The number of likely N-dealkylation sites (tertiary alicyclic amines) is 1. The Bertz CT molecular complexity index is 526. The van der Waals surface area contributed by atoms with Crippen LogP contribution in [0.15, 0.2) is 12.1 Å². The van der Waals surface area contributed by atoms with Crippen molar-refractivity contribution in [3.8, 4) is 5.75 Å². The number of nitrogens with two attached hydrogens (primary N) is 1. The molecule has 1 aromatic rings. The number of carbonyl (C=O) groups is 1. The molecule has 1 aliphatic heterocycles. The van der Waals surface area contributed by atoms with Crippen molar-refractivity contribution in [3.05, 3.63) is 22.7 Å². The summed E-state index contributed by atoms with van der Waals surface area (Å²) in [5.74, 6) is 0.770. The van der Waals surface area contributed by atoms with Crippen LogP contribution in [-0.4, -0.2) is 44.2 Å². The van der Waals surface area contributed by atoms with Crippen LogP contribution in [0.5, 0.6) is 5.75 Å². The van der Waals surface area contributed by atoms with E-state index in [0.717, 1.165) is 13.0 Å². The first-order valence-corrected chi connectivity index (χ1v) is 7.44. The molecule has 1 amide bonds. The minimum Gasteiger partial charge on any atom is -0.496 e. The summed E-state index contributed by atoms with van der Waals surface area (Å²) in [5, 5.41) is 0.365. The normalized spacial score (nSPS) is 17.2. The Morgan fingerprint density at radius 1 is 1.50 bits per heavy atom. The number of nitrogen functional groups attached to an aromatic ring is 1. The molecule has 22 heavy (non-hydrogen) atoms. The Labute approximate surface area is 142 Å². The summed E-state index contributed by atoms with van der Waals surface area (Å²) in [5.41, 5.74) is 6.60. The number of amides is 1. The van der Waals surface area contributed by atoms with Gasteiger partial charge in [0, 0.05) is 31.7 Å². The third kappa shape index (κ3) is 4.18. The fraction of sp³-hybridized carbons (Fsp3) is 0.533. The number of hydrogen-bond acceptors (Lipinski definition) is 4. The molecular weight excluding hydrogens is 327 g/mol. The van der Waals surface area contributed by atoms with Gasteiger partial charge in [0.05, 0.1) is 30.0 Å². The summed E-state index contributed by atoms with van der Waals surface area (Å²) < 4.78 is 10.7. The predicted molar refractivity (Wildman–Crippen MR) is 90.2 cm³/mol. The van der Waals surface area contributed by atoms with E-state index in [2.05, 4.69) is 0 Å². The molecule has 1 aromatic carbocycles. The van der Waals surface area contributed by atoms with Gasteiger partial charge in [-0.1, -0.05) is 11.6 Å². The highest BCUT2D eigenvalue weighted by Crippen LogP contribution is 2.31. The SMILES string of the molecule is CCOCC1CCN(C(=O)c2cc(Cl)c(N)cc2OC)C1.Cl. The lowest BCUT2D eigenvalue weighted by Gasteiger charge is -2.19. The second-order valence-corrected chi connectivity index (χ2v) is 5.55. The molecule has 0 saturated carbocycles. The largest absolute Gasteiger partial charge is 0.496 e. The quantitative estimate of drug-likeness (QED) is 0.831. The highest BCUT2D eigenvalue weighted by atomic mass is 35.5. The Kier molecular flexibility index (Phi) is 7.26. The van der Waals surface area contributed by atoms with Crippen LogP contribution in [0.2, 0.25) is 5.02 Å². The number of hydrogen-bond donors (Lipinski definition) is 1. The van der Waals surface area contributed by atoms with Crippen LogP contribution in [0.4, 0.5) is 5.69 Å². The van der Waals surface area contributed by atoms with Crippen molar-refractivity contribution in [2.24, 2.45) is 5.92 Å². The minimum absolute atomic E-state index is 0. The van der Waals surface area contributed by atoms with Crippen molar-refractivity contribution in [2.75, 3.05) is 39.1 Å². The smallest absolute Gasteiger partial charge is 0.257 e. The molecule has 0 radical (unpaired) electrons. The second-order valence-electron chi connectivity index (χ2n) is 5.14. The molecule has 1 aliphatic rings. The van der Waals surface area contributed by atoms with Crippen LogP contribution in [0, 0.1) is 5.92 Å². The summed E-state index contributed by atoms with van der Waals surface area (Å²) in [7, 11) is 1.52. The Hall–Kier alpha value is -1.17. The van der Waals surface area contributed by atoms with Gasteiger partial charge in [0.25, 0.3) is 5.91 Å². The molecule has 1 heterocycles. The Morgan fingerprint density at radius 3 is 2.86 bits per heavy atom. The van der Waals surface area contributed by atoms with E-state index in [9.17, 15) is 4.79 Å². The van der Waals surface area contributed by atoms with E-state index < -0.39 is 0 Å². The van der Waals surface area contributed by atoms with E-state index in [-0.39, 0.29) is 18.3 Å². The molecular formula is C15H22Cl2N2O3. The molecule has 1 fully saturated rings. The van der Waals surface area contributed by atoms with E-state index in [0.29, 0.717) is 47.7 Å². The number of halogens is 2. The van der Waals surface area contributed by atoms with Crippen LogP contribution in [0.3, 0.4) is 0 Å². The zero-order chi connectivity index (χ0) is 15.4. The topological polar surface area (TPSA) is 64.8 Å². The zero-order valence-corrected chi connectivity index (χ0v) is 14.4. The number of ether oxygens (including phenoxy) is 2. The second kappa shape index (κ2) is 8.46. The van der Waals surface area contributed by atoms with E-state index in [1.165, 1.54) is 7.11 Å². The number of benzene rings is 1. The van der Waals surface area contributed by atoms with Gasteiger partial charge in [-0.05, 0) is 19.4 Å². The zero-order valence-electron chi connectivity index (χ0n) is 12.8. The average molecular weight is 349 g/mol. The molecule has 2 rings (SSSR count). The van der Waals surface area contributed by atoms with E-state index in [1.807, 2.05) is 11.8 Å². The monoisotopic (exact) mass is 348 g/mol. The van der Waals surface area contributed by atoms with Gasteiger partial charge < -0.3 is 20.1 Å². The fourth-order valence-electron chi connectivity index (χ4n) is 2.51. The van der Waals surface area contributed by atoms with Crippen LogP contribution < -0.4 is 10.5 Å². The highest BCUT2D eigenvalue weighted by molar-refractivity contribution is 6.33. The van der Waals surface area contributed by atoms with Crippen molar-refractivity contribution >= 4 is 35.6 Å². The highest BCUT2D eigenvalue weighted by Gasteiger charge is 2.29. The summed E-state index contributed by atoms with van der Waals surface area (Å²) >= 11 is 6.02. The molecule has 7 heteroatoms. The van der Waals surface area contributed by atoms with Gasteiger partial charge >= 0.3 is 0 Å². The fourth-order valence-corrected chi connectivity index (χ4v) is 2.68. The van der Waals surface area contributed by atoms with Crippen LogP contribution in [-0.2, 0) is 4.74 Å². The first-order chi connectivity index (χ1) is 10.1. The van der Waals surface area contributed by atoms with Crippen molar-refractivity contribution in [1.29, 1.82) is 0 Å². The third-order valence-electron chi connectivity index (χ3n) is 3.68. The maximum Gasteiger partial charge on any atom is 0.257 e. The van der Waals surface area contributed by atoms with Gasteiger partial charge in [0.2, 0.25) is 0 Å². The van der Waals surface area contributed by atoms with Crippen molar-refractivity contribution < 1.29 is 14.3 Å². The lowest BCUT2D eigenvalue weighted by Crippen LogP contribution is -2.29. The first kappa shape index (κ1) is 18.9. The van der Waals surface area contributed by atoms with Crippen LogP contribution >= 0.6 is 24.0 Å². The first-order valence-electron chi connectivity index (χ1n) is 7.06. The lowest BCUT2D eigenvalue weighted by molar-refractivity contribution is 0.0759. The minimum atomic E-state index is -0.0762. The molecule has 0 aromatic heterocycles. The van der Waals surface area contributed by atoms with Crippen LogP contribution in [0.1, 0.15) is 23.7 Å².